The quantitative estimate of drug-likeness (QED) is 0.501. The average molecular weight is 318 g/mol. The highest BCUT2D eigenvalue weighted by Crippen LogP contribution is 3.03. The van der Waals surface area contributed by atoms with Crippen molar-refractivity contribution in [2.75, 3.05) is 13.2 Å². The minimum Gasteiger partial charge on any atom is -0.492 e. The molecule has 0 saturated heterocycles. The van der Waals surface area contributed by atoms with Crippen molar-refractivity contribution in [3.05, 3.63) is 30.4 Å². The van der Waals surface area contributed by atoms with E-state index in [2.05, 4.69) is 11.3 Å². The van der Waals surface area contributed by atoms with Crippen molar-refractivity contribution in [2.45, 2.75) is 18.7 Å². The summed E-state index contributed by atoms with van der Waals surface area (Å²) in [6.07, 6.45) is 1.30. The molecule has 0 aliphatic carbocycles. The predicted molar refractivity (Wildman–Crippen MR) is 69.4 cm³/mol. The van der Waals surface area contributed by atoms with Gasteiger partial charge in [-0.2, -0.15) is 0 Å². The summed E-state index contributed by atoms with van der Waals surface area (Å²) in [5, 5.41) is 0. The van der Waals surface area contributed by atoms with Crippen LogP contribution in [0.3, 0.4) is 0 Å². The molecule has 0 spiro atoms. The fraction of sp³-hybridized carbons (Fsp3) is 0.333. The van der Waals surface area contributed by atoms with Crippen LogP contribution in [0.5, 0.6) is 11.5 Å². The van der Waals surface area contributed by atoms with Gasteiger partial charge in [-0.05, 0) is 26.0 Å². The first-order chi connectivity index (χ1) is 8.90. The van der Waals surface area contributed by atoms with Gasteiger partial charge in [-0.15, -0.1) is 0 Å². The maximum atomic E-state index is 13.1. The van der Waals surface area contributed by atoms with E-state index < -0.39 is 26.4 Å². The smallest absolute Gasteiger partial charge is 0.314 e. The molecule has 0 aliphatic rings. The second-order valence-electron chi connectivity index (χ2n) is 4.02. The van der Waals surface area contributed by atoms with E-state index in [0.29, 0.717) is 0 Å². The zero-order valence-corrected chi connectivity index (χ0v) is 11.8. The molecule has 0 aromatic heterocycles. The lowest BCUT2D eigenvalue weighted by Crippen LogP contribution is -2.12. The molecule has 2 nitrogen and oxygen atoms in total. The van der Waals surface area contributed by atoms with E-state index >= 15 is 0 Å². The molecule has 20 heavy (non-hydrogen) atoms. The molecule has 0 saturated carbocycles. The first-order valence-corrected chi connectivity index (χ1v) is 7.60. The van der Waals surface area contributed by atoms with Crippen LogP contribution in [0.1, 0.15) is 12.5 Å². The third-order valence-corrected chi connectivity index (χ3v) is 3.64. The van der Waals surface area contributed by atoms with Crippen LogP contribution >= 0.6 is 10.2 Å². The molecule has 1 rings (SSSR count). The number of hydrogen-bond donors (Lipinski definition) is 0. The Hall–Kier alpha value is -1.44. The monoisotopic (exact) mass is 318 g/mol. The Bertz CT molecular complexity index is 524. The number of ether oxygens (including phenoxy) is 2. The van der Waals surface area contributed by atoms with Gasteiger partial charge >= 0.3 is 10.2 Å². The molecule has 116 valence electrons. The van der Waals surface area contributed by atoms with Gasteiger partial charge in [0.15, 0.2) is 4.90 Å². The van der Waals surface area contributed by atoms with E-state index in [1.54, 1.807) is 0 Å². The largest absolute Gasteiger partial charge is 0.492 e. The van der Waals surface area contributed by atoms with Crippen LogP contribution in [-0.4, -0.2) is 13.2 Å². The van der Waals surface area contributed by atoms with Crippen molar-refractivity contribution in [3.63, 3.8) is 0 Å². The highest BCUT2D eigenvalue weighted by atomic mass is 32.5. The van der Waals surface area contributed by atoms with Crippen molar-refractivity contribution in [2.24, 2.45) is 0 Å². The standard InChI is InChI=1S/C12H15F5O2S/c1-4-8-19-10-6-7-11(18-5-2)12(9(10)3)20(13,14,15,16)17/h4,6-7H,1,5,8H2,2-3H3. The Morgan fingerprint density at radius 1 is 1.10 bits per heavy atom. The molecule has 1 aromatic rings. The first-order valence-electron chi connectivity index (χ1n) is 5.65. The van der Waals surface area contributed by atoms with Gasteiger partial charge in [0, 0.05) is 5.56 Å². The van der Waals surface area contributed by atoms with E-state index in [1.807, 2.05) is 0 Å². The highest BCUT2D eigenvalue weighted by Gasteiger charge is 2.68. The van der Waals surface area contributed by atoms with Gasteiger partial charge in [0.05, 0.1) is 6.61 Å². The third kappa shape index (κ3) is 3.78. The minimum atomic E-state index is -9.88. The second kappa shape index (κ2) is 4.54. The van der Waals surface area contributed by atoms with Crippen LogP contribution in [0.25, 0.3) is 0 Å². The van der Waals surface area contributed by atoms with E-state index in [1.165, 1.54) is 13.0 Å². The summed E-state index contributed by atoms with van der Waals surface area (Å²) in [6, 6.07) is 2.00. The molecule has 0 bridgehead atoms. The molecule has 0 aliphatic heterocycles. The Kier molecular flexibility index (Phi) is 3.77. The number of rotatable bonds is 6. The molecule has 0 radical (unpaired) electrons. The average Bonchev–Trinajstić information content (AvgIpc) is 2.24. The molecule has 0 unspecified atom stereocenters. The highest BCUT2D eigenvalue weighted by molar-refractivity contribution is 8.45. The van der Waals surface area contributed by atoms with Crippen LogP contribution in [0.2, 0.25) is 0 Å². The van der Waals surface area contributed by atoms with Crippen molar-refractivity contribution in [3.8, 4) is 11.5 Å². The molecule has 0 heterocycles. The lowest BCUT2D eigenvalue weighted by molar-refractivity contribution is 0.306. The van der Waals surface area contributed by atoms with Crippen LogP contribution in [0.15, 0.2) is 29.7 Å². The van der Waals surface area contributed by atoms with Gasteiger partial charge in [0.25, 0.3) is 0 Å². The lowest BCUT2D eigenvalue weighted by Gasteiger charge is -2.42. The summed E-state index contributed by atoms with van der Waals surface area (Å²) >= 11 is 0. The van der Waals surface area contributed by atoms with Gasteiger partial charge in [0.2, 0.25) is 0 Å². The summed E-state index contributed by atoms with van der Waals surface area (Å²) in [5.74, 6) is -1.17. The SMILES string of the molecule is C=CCOc1ccc(OCC)c(S(F)(F)(F)(F)F)c1C. The zero-order valence-electron chi connectivity index (χ0n) is 11.0. The van der Waals surface area contributed by atoms with E-state index in [0.717, 1.165) is 19.1 Å². The van der Waals surface area contributed by atoms with Gasteiger partial charge in [-0.3, -0.25) is 0 Å². The Morgan fingerprint density at radius 3 is 2.10 bits per heavy atom. The summed E-state index contributed by atoms with van der Waals surface area (Å²) in [7, 11) is -9.88. The Labute approximate surface area is 113 Å². The molecule has 1 aromatic carbocycles. The molecule has 8 heteroatoms. The van der Waals surface area contributed by atoms with Crippen LogP contribution < -0.4 is 9.47 Å². The lowest BCUT2D eigenvalue weighted by atomic mass is 10.2. The van der Waals surface area contributed by atoms with Crippen molar-refractivity contribution >= 4 is 10.2 Å². The van der Waals surface area contributed by atoms with E-state index in [9.17, 15) is 19.4 Å². The molecule has 0 N–H and O–H groups in total. The number of hydrogen-bond acceptors (Lipinski definition) is 2. The molecule has 0 amide bonds. The third-order valence-electron chi connectivity index (χ3n) is 2.36. The number of benzene rings is 1. The van der Waals surface area contributed by atoms with Gasteiger partial charge in [-0.25, -0.2) is 0 Å². The fourth-order valence-electron chi connectivity index (χ4n) is 1.70. The first kappa shape index (κ1) is 16.6. The number of halogens is 5. The van der Waals surface area contributed by atoms with Crippen molar-refractivity contribution in [1.82, 2.24) is 0 Å². The van der Waals surface area contributed by atoms with Crippen LogP contribution in [0.4, 0.5) is 19.4 Å². The molecule has 0 fully saturated rings. The van der Waals surface area contributed by atoms with Crippen LogP contribution in [-0.2, 0) is 0 Å². The molecule has 0 atom stereocenters. The minimum absolute atomic E-state index is 0.0887. The maximum absolute atomic E-state index is 13.1. The maximum Gasteiger partial charge on any atom is 0.314 e. The fourth-order valence-corrected chi connectivity index (χ4v) is 2.89. The normalized spacial score (nSPS) is 15.2. The van der Waals surface area contributed by atoms with E-state index in [-0.39, 0.29) is 19.0 Å². The summed E-state index contributed by atoms with van der Waals surface area (Å²) in [6.45, 7) is 5.42. The topological polar surface area (TPSA) is 18.5 Å². The summed E-state index contributed by atoms with van der Waals surface area (Å²) in [5.41, 5.74) is -0.697. The van der Waals surface area contributed by atoms with Crippen LogP contribution in [0, 0.1) is 6.92 Å². The van der Waals surface area contributed by atoms with Gasteiger partial charge in [-0.1, -0.05) is 32.1 Å². The van der Waals surface area contributed by atoms with Gasteiger partial charge in [0.1, 0.15) is 18.1 Å². The second-order valence-corrected chi connectivity index (χ2v) is 6.36. The molecular weight excluding hydrogens is 303 g/mol. The summed E-state index contributed by atoms with van der Waals surface area (Å²) < 4.78 is 75.3. The van der Waals surface area contributed by atoms with Crippen molar-refractivity contribution in [1.29, 1.82) is 0 Å². The Balaban J connectivity index is 3.56. The van der Waals surface area contributed by atoms with Crippen molar-refractivity contribution < 1.29 is 28.9 Å². The predicted octanol–water partition coefficient (Wildman–Crippen LogP) is 5.62. The Morgan fingerprint density at radius 2 is 1.65 bits per heavy atom. The van der Waals surface area contributed by atoms with E-state index in [4.69, 9.17) is 4.74 Å². The summed E-state index contributed by atoms with van der Waals surface area (Å²) in [4.78, 5) is -2.03. The molecular formula is C12H15F5O2S. The zero-order chi connectivity index (χ0) is 15.7. The van der Waals surface area contributed by atoms with Gasteiger partial charge < -0.3 is 9.47 Å².